The van der Waals surface area contributed by atoms with E-state index in [0.717, 1.165) is 11.1 Å². The molecule has 0 spiro atoms. The van der Waals surface area contributed by atoms with Gasteiger partial charge in [0, 0.05) is 5.92 Å². The highest BCUT2D eigenvalue weighted by atomic mass is 32.2. The molecule has 0 bridgehead atoms. The number of hydrogen-bond donors (Lipinski definition) is 2. The van der Waals surface area contributed by atoms with Crippen LogP contribution in [-0.2, 0) is 14.3 Å². The Hall–Kier alpha value is -2.31. The number of benzene rings is 2. The van der Waals surface area contributed by atoms with Crippen LogP contribution in [0.2, 0.25) is 0 Å². The molecule has 1 aliphatic heterocycles. The van der Waals surface area contributed by atoms with Gasteiger partial charge in [0.15, 0.2) is 0 Å². The van der Waals surface area contributed by atoms with E-state index < -0.39 is 16.8 Å². The number of carboxylic acid groups (broad SMARTS) is 1. The van der Waals surface area contributed by atoms with Crippen LogP contribution in [-0.4, -0.2) is 40.2 Å². The summed E-state index contributed by atoms with van der Waals surface area (Å²) >= 11 is 1.43. The lowest BCUT2D eigenvalue weighted by Crippen LogP contribution is -2.53. The van der Waals surface area contributed by atoms with Gasteiger partial charge in [0.1, 0.15) is 17.4 Å². The Labute approximate surface area is 161 Å². The summed E-state index contributed by atoms with van der Waals surface area (Å²) in [6.07, 6.45) is 0.462. The molecular weight excluding hydrogens is 362 g/mol. The van der Waals surface area contributed by atoms with Crippen LogP contribution in [0.5, 0.6) is 0 Å². The van der Waals surface area contributed by atoms with Crippen LogP contribution < -0.4 is 5.73 Å². The third-order valence-corrected chi connectivity index (χ3v) is 6.66. The summed E-state index contributed by atoms with van der Waals surface area (Å²) in [6, 6.07) is 16.3. The molecule has 1 fully saturated rings. The average Bonchev–Trinajstić information content (AvgIpc) is 3.00. The molecule has 0 aromatic heterocycles. The predicted molar refractivity (Wildman–Crippen MR) is 105 cm³/mol. The summed E-state index contributed by atoms with van der Waals surface area (Å²) in [7, 11) is 0. The van der Waals surface area contributed by atoms with E-state index in [2.05, 4.69) is 24.3 Å². The van der Waals surface area contributed by atoms with E-state index in [9.17, 15) is 14.7 Å². The molecule has 4 rings (SSSR count). The van der Waals surface area contributed by atoms with Gasteiger partial charge in [-0.05, 0) is 40.8 Å². The number of thioether (sulfide) groups is 1. The normalized spacial score (nSPS) is 24.1. The fourth-order valence-corrected chi connectivity index (χ4v) is 5.30. The molecule has 2 aliphatic rings. The van der Waals surface area contributed by atoms with Crippen molar-refractivity contribution >= 4 is 23.7 Å². The fourth-order valence-electron chi connectivity index (χ4n) is 3.92. The van der Waals surface area contributed by atoms with Gasteiger partial charge in [-0.3, -0.25) is 9.59 Å². The van der Waals surface area contributed by atoms with Gasteiger partial charge in [-0.15, -0.1) is 11.8 Å². The number of hydrogen-bond acceptors (Lipinski definition) is 5. The van der Waals surface area contributed by atoms with Crippen molar-refractivity contribution in [1.29, 1.82) is 0 Å². The standard InChI is InChI=1S/C21H21NO4S/c22-21(20(24)25)9-10-27-18(11-21)19(23)26-12-17-15-7-3-1-5-13(15)14-6-2-4-8-16(14)17/h1-8,17-18H,9-12,22H2,(H,24,25)/t18-,21-/m1/s1. The minimum Gasteiger partial charge on any atom is -0.480 e. The van der Waals surface area contributed by atoms with E-state index in [0.29, 0.717) is 12.2 Å². The van der Waals surface area contributed by atoms with Crippen LogP contribution in [0.1, 0.15) is 29.9 Å². The van der Waals surface area contributed by atoms with Crippen molar-refractivity contribution in [3.05, 3.63) is 59.7 Å². The van der Waals surface area contributed by atoms with Crippen LogP contribution in [0, 0.1) is 0 Å². The second-order valence-electron chi connectivity index (χ2n) is 7.13. The molecule has 2 atom stereocenters. The molecule has 2 aromatic carbocycles. The number of aliphatic carboxylic acids is 1. The number of ether oxygens (including phenoxy) is 1. The highest BCUT2D eigenvalue weighted by Gasteiger charge is 2.43. The van der Waals surface area contributed by atoms with E-state index in [4.69, 9.17) is 10.5 Å². The molecule has 0 amide bonds. The van der Waals surface area contributed by atoms with Gasteiger partial charge in [0.05, 0.1) is 0 Å². The lowest BCUT2D eigenvalue weighted by Gasteiger charge is -2.33. The Bertz CT molecular complexity index is 854. The largest absolute Gasteiger partial charge is 0.480 e. The van der Waals surface area contributed by atoms with Gasteiger partial charge in [0.2, 0.25) is 0 Å². The van der Waals surface area contributed by atoms with E-state index >= 15 is 0 Å². The van der Waals surface area contributed by atoms with Crippen LogP contribution >= 0.6 is 11.8 Å². The van der Waals surface area contributed by atoms with Crippen molar-refractivity contribution < 1.29 is 19.4 Å². The van der Waals surface area contributed by atoms with Gasteiger partial charge < -0.3 is 15.6 Å². The van der Waals surface area contributed by atoms with Gasteiger partial charge in [0.25, 0.3) is 0 Å². The SMILES string of the molecule is N[C@]1(C(=O)O)CCS[C@@H](C(=O)OCC2c3ccccc3-c3ccccc32)C1. The molecule has 3 N–H and O–H groups in total. The highest BCUT2D eigenvalue weighted by Crippen LogP contribution is 2.44. The van der Waals surface area contributed by atoms with E-state index in [1.165, 1.54) is 22.9 Å². The molecule has 6 heteroatoms. The van der Waals surface area contributed by atoms with Gasteiger partial charge >= 0.3 is 11.9 Å². The third-order valence-electron chi connectivity index (χ3n) is 5.46. The molecule has 1 saturated heterocycles. The number of carbonyl (C=O) groups is 2. The summed E-state index contributed by atoms with van der Waals surface area (Å²) in [6.45, 7) is 0.245. The first kappa shape index (κ1) is 18.1. The first-order valence-corrected chi connectivity index (χ1v) is 10.0. The number of carbonyl (C=O) groups excluding carboxylic acids is 1. The number of carboxylic acids is 1. The van der Waals surface area contributed by atoms with Crippen LogP contribution in [0.15, 0.2) is 48.5 Å². The van der Waals surface area contributed by atoms with Gasteiger partial charge in [-0.25, -0.2) is 0 Å². The molecular formula is C21H21NO4S. The second-order valence-corrected chi connectivity index (χ2v) is 8.44. The van der Waals surface area contributed by atoms with Crippen molar-refractivity contribution in [2.24, 2.45) is 5.73 Å². The molecule has 1 aliphatic carbocycles. The first-order valence-electron chi connectivity index (χ1n) is 8.98. The fraction of sp³-hybridized carbons (Fsp3) is 0.333. The topological polar surface area (TPSA) is 89.6 Å². The quantitative estimate of drug-likeness (QED) is 0.789. The van der Waals surface area contributed by atoms with Crippen LogP contribution in [0.4, 0.5) is 0 Å². The molecule has 1 heterocycles. The summed E-state index contributed by atoms with van der Waals surface area (Å²) < 4.78 is 5.64. The van der Waals surface area contributed by atoms with Gasteiger partial charge in [-0.2, -0.15) is 0 Å². The highest BCUT2D eigenvalue weighted by molar-refractivity contribution is 8.00. The van der Waals surface area contributed by atoms with Crippen LogP contribution in [0.25, 0.3) is 11.1 Å². The number of rotatable bonds is 4. The van der Waals surface area contributed by atoms with E-state index in [1.54, 1.807) is 0 Å². The maximum atomic E-state index is 12.6. The summed E-state index contributed by atoms with van der Waals surface area (Å²) in [4.78, 5) is 24.0. The molecule has 5 nitrogen and oxygen atoms in total. The zero-order valence-electron chi connectivity index (χ0n) is 14.8. The maximum absolute atomic E-state index is 12.6. The predicted octanol–water partition coefficient (Wildman–Crippen LogP) is 3.02. The van der Waals surface area contributed by atoms with Crippen LogP contribution in [0.3, 0.4) is 0 Å². The number of fused-ring (bicyclic) bond motifs is 3. The van der Waals surface area contributed by atoms with Crippen molar-refractivity contribution in [2.75, 3.05) is 12.4 Å². The summed E-state index contributed by atoms with van der Waals surface area (Å²) in [5.41, 5.74) is 9.26. The minimum atomic E-state index is -1.35. The van der Waals surface area contributed by atoms with Crippen molar-refractivity contribution in [3.8, 4) is 11.1 Å². The summed E-state index contributed by atoms with van der Waals surface area (Å²) in [5, 5.41) is 8.80. The molecule has 0 unspecified atom stereocenters. The van der Waals surface area contributed by atoms with Crippen molar-refractivity contribution in [3.63, 3.8) is 0 Å². The molecule has 0 radical (unpaired) electrons. The Morgan fingerprint density at radius 2 is 1.70 bits per heavy atom. The van der Waals surface area contributed by atoms with Gasteiger partial charge in [-0.1, -0.05) is 48.5 Å². The number of nitrogens with two attached hydrogens (primary N) is 1. The lowest BCUT2D eigenvalue weighted by atomic mass is 9.91. The second kappa shape index (κ2) is 7.02. The molecule has 2 aromatic rings. The zero-order chi connectivity index (χ0) is 19.0. The number of esters is 1. The average molecular weight is 383 g/mol. The third kappa shape index (κ3) is 3.24. The Morgan fingerprint density at radius 1 is 1.11 bits per heavy atom. The summed E-state index contributed by atoms with van der Waals surface area (Å²) in [5.74, 6) is -0.897. The maximum Gasteiger partial charge on any atom is 0.323 e. The van der Waals surface area contributed by atoms with Crippen molar-refractivity contribution in [2.45, 2.75) is 29.5 Å². The lowest BCUT2D eigenvalue weighted by molar-refractivity contribution is -0.146. The Balaban J connectivity index is 1.49. The first-order chi connectivity index (χ1) is 13.0. The smallest absolute Gasteiger partial charge is 0.323 e. The zero-order valence-corrected chi connectivity index (χ0v) is 15.6. The molecule has 0 saturated carbocycles. The van der Waals surface area contributed by atoms with E-state index in [1.807, 2.05) is 24.3 Å². The Kier molecular flexibility index (Phi) is 4.70. The van der Waals surface area contributed by atoms with E-state index in [-0.39, 0.29) is 24.9 Å². The monoisotopic (exact) mass is 383 g/mol. The minimum absolute atomic E-state index is 0.00273. The molecule has 27 heavy (non-hydrogen) atoms. The Morgan fingerprint density at radius 3 is 2.30 bits per heavy atom. The molecule has 140 valence electrons. The van der Waals surface area contributed by atoms with Crippen molar-refractivity contribution in [1.82, 2.24) is 0 Å².